The molecule has 2 saturated heterocycles. The molecule has 0 bridgehead atoms. The van der Waals surface area contributed by atoms with E-state index in [1.807, 2.05) is 18.2 Å². The minimum atomic E-state index is -0.136. The van der Waals surface area contributed by atoms with E-state index in [1.165, 1.54) is 37.7 Å². The van der Waals surface area contributed by atoms with E-state index in [0.717, 1.165) is 70.0 Å². The van der Waals surface area contributed by atoms with E-state index >= 15 is 0 Å². The van der Waals surface area contributed by atoms with Gasteiger partial charge in [-0.25, -0.2) is 0 Å². The summed E-state index contributed by atoms with van der Waals surface area (Å²) in [4.78, 5) is 15.3. The maximum atomic E-state index is 12.6. The van der Waals surface area contributed by atoms with E-state index in [2.05, 4.69) is 49.2 Å². The average Bonchev–Trinajstić information content (AvgIpc) is 3.47. The van der Waals surface area contributed by atoms with Crippen LogP contribution in [0.2, 0.25) is 0 Å². The van der Waals surface area contributed by atoms with Crippen molar-refractivity contribution >= 4 is 5.91 Å². The van der Waals surface area contributed by atoms with Crippen LogP contribution in [0.3, 0.4) is 0 Å². The first-order chi connectivity index (χ1) is 20.8. The fraction of sp³-hybridized carbons (Fsp3) is 0.711. The molecule has 1 aromatic carbocycles. The van der Waals surface area contributed by atoms with E-state index in [1.54, 1.807) is 16.7 Å². The number of piperidine rings is 1. The Labute approximate surface area is 259 Å². The van der Waals surface area contributed by atoms with E-state index in [-0.39, 0.29) is 23.0 Å². The smallest absolute Gasteiger partial charge is 0.220 e. The van der Waals surface area contributed by atoms with Crippen molar-refractivity contribution in [3.63, 3.8) is 0 Å². The number of fused-ring (bicyclic) bond motifs is 6. The number of carbonyl (C=O) groups is 1. The van der Waals surface area contributed by atoms with Crippen LogP contribution in [0.25, 0.3) is 0 Å². The van der Waals surface area contributed by atoms with Gasteiger partial charge in [0.15, 0.2) is 0 Å². The molecule has 2 saturated carbocycles. The molecule has 6 aliphatic rings. The lowest BCUT2D eigenvalue weighted by atomic mass is 9.56. The second kappa shape index (κ2) is 11.8. The van der Waals surface area contributed by atoms with Crippen molar-refractivity contribution in [1.82, 2.24) is 10.2 Å². The van der Waals surface area contributed by atoms with Crippen molar-refractivity contribution in [2.75, 3.05) is 19.6 Å². The van der Waals surface area contributed by atoms with Crippen molar-refractivity contribution in [1.29, 1.82) is 0 Å². The van der Waals surface area contributed by atoms with Crippen LogP contribution in [0.4, 0.5) is 0 Å². The Morgan fingerprint density at radius 3 is 2.81 bits per heavy atom. The molecule has 4 fully saturated rings. The third kappa shape index (κ3) is 5.36. The van der Waals surface area contributed by atoms with Gasteiger partial charge in [-0.2, -0.15) is 0 Å². The summed E-state index contributed by atoms with van der Waals surface area (Å²) in [7, 11) is 0. The van der Waals surface area contributed by atoms with E-state index in [9.17, 15) is 9.90 Å². The molecular weight excluding hydrogens is 532 g/mol. The van der Waals surface area contributed by atoms with Crippen LogP contribution in [0, 0.1) is 29.1 Å². The number of ether oxygens (including phenoxy) is 1. The lowest BCUT2D eigenvalue weighted by molar-refractivity contribution is -0.121. The molecule has 234 valence electrons. The van der Waals surface area contributed by atoms with Crippen LogP contribution < -0.4 is 5.32 Å². The Balaban J connectivity index is 1.00. The number of allylic oxidation sites excluding steroid dienone is 2. The SMILES string of the molecule is CC1=C2CC3C(CC=C4CC(O)CCC43C)C2CCC2(C1)OC1CCCN(CCNC(=O)CCc3ccccc3)C1C2C. The molecule has 4 aliphatic carbocycles. The quantitative estimate of drug-likeness (QED) is 0.369. The van der Waals surface area contributed by atoms with Crippen LogP contribution in [-0.4, -0.2) is 59.4 Å². The van der Waals surface area contributed by atoms with Crippen LogP contribution >= 0.6 is 0 Å². The number of nitrogens with zero attached hydrogens (tertiary/aromatic N) is 1. The fourth-order valence-electron chi connectivity index (χ4n) is 10.9. The number of hydrogen-bond acceptors (Lipinski definition) is 4. The number of aliphatic hydroxyl groups excluding tert-OH is 1. The first kappa shape index (κ1) is 29.7. The van der Waals surface area contributed by atoms with Gasteiger partial charge >= 0.3 is 0 Å². The molecule has 0 aromatic heterocycles. The summed E-state index contributed by atoms with van der Waals surface area (Å²) in [6.45, 7) is 10.2. The topological polar surface area (TPSA) is 61.8 Å². The summed E-state index contributed by atoms with van der Waals surface area (Å²) in [6, 6.07) is 10.7. The molecule has 2 heterocycles. The molecule has 0 radical (unpaired) electrons. The molecule has 1 spiro atoms. The van der Waals surface area contributed by atoms with E-state index in [0.29, 0.717) is 30.4 Å². The molecule has 2 aliphatic heterocycles. The molecule has 43 heavy (non-hydrogen) atoms. The molecule has 2 N–H and O–H groups in total. The van der Waals surface area contributed by atoms with Crippen molar-refractivity contribution in [3.8, 4) is 0 Å². The number of aryl methyl sites for hydroxylation is 1. The number of likely N-dealkylation sites (tertiary alicyclic amines) is 1. The Morgan fingerprint density at radius 2 is 1.98 bits per heavy atom. The monoisotopic (exact) mass is 586 g/mol. The van der Waals surface area contributed by atoms with Gasteiger partial charge in [0.2, 0.25) is 5.91 Å². The lowest BCUT2D eigenvalue weighted by Crippen LogP contribution is -2.51. The summed E-state index contributed by atoms with van der Waals surface area (Å²) >= 11 is 0. The normalized spacial score (nSPS) is 40.7. The minimum absolute atomic E-state index is 0.0533. The highest BCUT2D eigenvalue weighted by molar-refractivity contribution is 5.76. The average molecular weight is 587 g/mol. The predicted octanol–water partition coefficient (Wildman–Crippen LogP) is 6.61. The van der Waals surface area contributed by atoms with Gasteiger partial charge in [-0.1, -0.05) is 67.0 Å². The number of nitrogens with one attached hydrogen (secondary N) is 1. The van der Waals surface area contributed by atoms with Gasteiger partial charge in [0.1, 0.15) is 0 Å². The van der Waals surface area contributed by atoms with Gasteiger partial charge in [-0.15, -0.1) is 0 Å². The maximum absolute atomic E-state index is 12.6. The van der Waals surface area contributed by atoms with Crippen LogP contribution in [0.5, 0.6) is 0 Å². The number of hydrogen-bond donors (Lipinski definition) is 2. The summed E-state index contributed by atoms with van der Waals surface area (Å²) < 4.78 is 7.22. The van der Waals surface area contributed by atoms with Gasteiger partial charge in [0.05, 0.1) is 17.8 Å². The third-order valence-corrected chi connectivity index (χ3v) is 13.2. The van der Waals surface area contributed by atoms with Gasteiger partial charge in [0.25, 0.3) is 0 Å². The van der Waals surface area contributed by atoms with Crippen LogP contribution in [-0.2, 0) is 16.0 Å². The highest BCUT2D eigenvalue weighted by Crippen LogP contribution is 2.63. The molecule has 1 aromatic rings. The van der Waals surface area contributed by atoms with Crippen molar-refractivity contribution < 1.29 is 14.6 Å². The highest BCUT2D eigenvalue weighted by Gasteiger charge is 2.58. The van der Waals surface area contributed by atoms with Crippen LogP contribution in [0.1, 0.15) is 97.0 Å². The standard InChI is InChI=1S/C38H54N2O3/c1-25-24-38(18-16-30-31-13-12-28-22-29(41)15-17-37(28,3)33(31)23-32(25)30)26(2)36-34(43-38)10-7-20-40(36)21-19-39-35(42)14-11-27-8-5-4-6-9-27/h4-6,8-9,12,26,29-31,33-34,36,41H,7,10-11,13-24H2,1-3H3,(H,39,42). The molecule has 9 atom stereocenters. The first-order valence-electron chi connectivity index (χ1n) is 17.6. The molecule has 5 heteroatoms. The van der Waals surface area contributed by atoms with Crippen molar-refractivity contribution in [2.45, 2.75) is 122 Å². The molecular formula is C38H54N2O3. The summed E-state index contributed by atoms with van der Waals surface area (Å²) in [5.41, 5.74) is 6.41. The molecule has 7 rings (SSSR count). The van der Waals surface area contributed by atoms with Gasteiger partial charge in [-0.05, 0) is 113 Å². The maximum Gasteiger partial charge on any atom is 0.220 e. The number of carbonyl (C=O) groups excluding carboxylic acids is 1. The predicted molar refractivity (Wildman–Crippen MR) is 171 cm³/mol. The third-order valence-electron chi connectivity index (χ3n) is 13.2. The van der Waals surface area contributed by atoms with Crippen LogP contribution in [0.15, 0.2) is 53.1 Å². The van der Waals surface area contributed by atoms with Gasteiger partial charge in [0, 0.05) is 31.5 Å². The largest absolute Gasteiger partial charge is 0.393 e. The Morgan fingerprint density at radius 1 is 1.14 bits per heavy atom. The Bertz CT molecular complexity index is 1260. The lowest BCUT2D eigenvalue weighted by Gasteiger charge is -2.49. The van der Waals surface area contributed by atoms with Gasteiger partial charge in [-0.3, -0.25) is 9.69 Å². The number of rotatable bonds is 6. The fourth-order valence-corrected chi connectivity index (χ4v) is 10.9. The zero-order valence-electron chi connectivity index (χ0n) is 26.8. The number of benzene rings is 1. The zero-order chi connectivity index (χ0) is 29.8. The number of amides is 1. The van der Waals surface area contributed by atoms with Crippen molar-refractivity contribution in [3.05, 3.63) is 58.7 Å². The van der Waals surface area contributed by atoms with E-state index < -0.39 is 0 Å². The second-order valence-corrected chi connectivity index (χ2v) is 15.4. The Hall–Kier alpha value is -1.95. The summed E-state index contributed by atoms with van der Waals surface area (Å²) in [6.07, 6.45) is 15.4. The van der Waals surface area contributed by atoms with Crippen molar-refractivity contribution in [2.24, 2.45) is 29.1 Å². The number of aliphatic hydroxyl groups is 1. The highest BCUT2D eigenvalue weighted by atomic mass is 16.5. The zero-order valence-corrected chi connectivity index (χ0v) is 26.8. The Kier molecular flexibility index (Phi) is 8.14. The summed E-state index contributed by atoms with van der Waals surface area (Å²) in [5.74, 6) is 2.85. The summed E-state index contributed by atoms with van der Waals surface area (Å²) in [5, 5.41) is 13.6. The van der Waals surface area contributed by atoms with E-state index in [4.69, 9.17) is 4.74 Å². The first-order valence-corrected chi connectivity index (χ1v) is 17.6. The molecule has 1 amide bonds. The molecule has 5 nitrogen and oxygen atoms in total. The second-order valence-electron chi connectivity index (χ2n) is 15.4. The van der Waals surface area contributed by atoms with Gasteiger partial charge < -0.3 is 15.2 Å². The minimum Gasteiger partial charge on any atom is -0.393 e. The molecule has 9 unspecified atom stereocenters.